The highest BCUT2D eigenvalue weighted by atomic mass is 19.1. The molecule has 0 spiro atoms. The summed E-state index contributed by atoms with van der Waals surface area (Å²) in [6.07, 6.45) is 4.90. The summed E-state index contributed by atoms with van der Waals surface area (Å²) in [5, 5.41) is 9.82. The fourth-order valence-electron chi connectivity index (χ4n) is 7.50. The number of methoxy groups -OCH3 is 1. The summed E-state index contributed by atoms with van der Waals surface area (Å²) in [6.45, 7) is 4.79. The fraction of sp³-hybridized carbons (Fsp3) is 0.341. The van der Waals surface area contributed by atoms with Gasteiger partial charge in [0.25, 0.3) is 11.8 Å². The van der Waals surface area contributed by atoms with Crippen molar-refractivity contribution >= 4 is 45.0 Å². The Kier molecular flexibility index (Phi) is 10.1. The maximum absolute atomic E-state index is 15.4. The van der Waals surface area contributed by atoms with Gasteiger partial charge in [0, 0.05) is 12.6 Å². The normalized spacial score (nSPS) is 19.2. The molecule has 9 heteroatoms. The average Bonchev–Trinajstić information content (AvgIpc) is 3.16. The zero-order valence-corrected chi connectivity index (χ0v) is 30.4. The smallest absolute Gasteiger partial charge is 0.312 e. The number of rotatable bonds is 11. The molecule has 0 aliphatic heterocycles. The lowest BCUT2D eigenvalue weighted by molar-refractivity contribution is -0.159. The van der Waals surface area contributed by atoms with Gasteiger partial charge in [0.15, 0.2) is 11.6 Å². The third-order valence-corrected chi connectivity index (χ3v) is 11.2. The molecule has 5 aromatic rings. The molecule has 53 heavy (non-hydrogen) atoms. The molecule has 0 saturated heterocycles. The van der Waals surface area contributed by atoms with Crippen LogP contribution >= 0.6 is 0 Å². The third-order valence-electron chi connectivity index (χ3n) is 11.2. The summed E-state index contributed by atoms with van der Waals surface area (Å²) >= 11 is 0. The number of ether oxygens (including phenoxy) is 3. The highest BCUT2D eigenvalue weighted by molar-refractivity contribution is 6.12. The molecular formula is C44H45FN2O6. The van der Waals surface area contributed by atoms with Gasteiger partial charge in [-0.15, -0.1) is 0 Å². The highest BCUT2D eigenvalue weighted by Crippen LogP contribution is 2.41. The molecule has 2 N–H and O–H groups in total. The number of carbonyl (C=O) groups is 3. The van der Waals surface area contributed by atoms with E-state index >= 15 is 4.39 Å². The van der Waals surface area contributed by atoms with Crippen LogP contribution in [0.3, 0.4) is 0 Å². The quantitative estimate of drug-likeness (QED) is 0.132. The van der Waals surface area contributed by atoms with Crippen LogP contribution in [0, 0.1) is 16.6 Å². The second-order valence-electron chi connectivity index (χ2n) is 15.1. The van der Waals surface area contributed by atoms with Crippen LogP contribution in [0.1, 0.15) is 85.1 Å². The van der Waals surface area contributed by atoms with E-state index in [-0.39, 0.29) is 47.1 Å². The molecule has 2 saturated carbocycles. The standard InChI is InChI=1S/C44H45FN2O6/c1-43(18-9-19-43)27-46-40(48)34-22-29-11-4-5-12-30(29)23-37(34)47-41(49)35-24-39(36(45)25-38(35)51-3)53-32-16-20-44(2,21-17-32)42(50)52-26-31-14-8-13-28-10-6-7-15-33(28)31/h4-8,10-15,22-25,32H,9,16-21,26-27H2,1-3H3,(H,46,48)(H,47,49). The lowest BCUT2D eigenvalue weighted by atomic mass is 9.70. The monoisotopic (exact) mass is 716 g/mol. The minimum atomic E-state index is -0.701. The van der Waals surface area contributed by atoms with Gasteiger partial charge in [-0.25, -0.2) is 4.39 Å². The Morgan fingerprint density at radius 2 is 1.45 bits per heavy atom. The Hall–Kier alpha value is -5.44. The van der Waals surface area contributed by atoms with Crippen LogP contribution in [-0.2, 0) is 16.1 Å². The van der Waals surface area contributed by atoms with Gasteiger partial charge >= 0.3 is 5.97 Å². The van der Waals surface area contributed by atoms with Crippen molar-refractivity contribution in [2.24, 2.45) is 10.8 Å². The maximum Gasteiger partial charge on any atom is 0.312 e. The Labute approximate surface area is 309 Å². The number of hydrogen-bond donors (Lipinski definition) is 2. The Morgan fingerprint density at radius 3 is 2.15 bits per heavy atom. The van der Waals surface area contributed by atoms with Crippen LogP contribution < -0.4 is 20.1 Å². The van der Waals surface area contributed by atoms with Crippen molar-refractivity contribution in [2.45, 2.75) is 71.5 Å². The van der Waals surface area contributed by atoms with Gasteiger partial charge in [-0.2, -0.15) is 0 Å². The van der Waals surface area contributed by atoms with E-state index in [2.05, 4.69) is 17.6 Å². The number of halogens is 1. The molecule has 7 rings (SSSR count). The first-order valence-electron chi connectivity index (χ1n) is 18.3. The van der Waals surface area contributed by atoms with Gasteiger partial charge in [0.05, 0.1) is 35.4 Å². The lowest BCUT2D eigenvalue weighted by Crippen LogP contribution is -2.40. The summed E-state index contributed by atoms with van der Waals surface area (Å²) in [7, 11) is 1.36. The zero-order valence-electron chi connectivity index (χ0n) is 30.4. The number of fused-ring (bicyclic) bond motifs is 2. The summed E-state index contributed by atoms with van der Waals surface area (Å²) in [6, 6.07) is 27.6. The van der Waals surface area contributed by atoms with Gasteiger partial charge in [0.2, 0.25) is 0 Å². The Morgan fingerprint density at radius 1 is 0.774 bits per heavy atom. The van der Waals surface area contributed by atoms with Crippen molar-refractivity contribution in [1.82, 2.24) is 5.32 Å². The summed E-state index contributed by atoms with van der Waals surface area (Å²) < 4.78 is 32.8. The SMILES string of the molecule is COc1cc(F)c(OC2CCC(C)(C(=O)OCc3cccc4ccccc34)CC2)cc1C(=O)Nc1cc2ccccc2cc1C(=O)NCC1(C)CCC1. The topological polar surface area (TPSA) is 103 Å². The molecule has 274 valence electrons. The van der Waals surface area contributed by atoms with E-state index in [0.29, 0.717) is 43.5 Å². The molecule has 0 bridgehead atoms. The summed E-state index contributed by atoms with van der Waals surface area (Å²) in [5.41, 5.74) is 1.05. The van der Waals surface area contributed by atoms with E-state index in [1.54, 1.807) is 12.1 Å². The summed E-state index contributed by atoms with van der Waals surface area (Å²) in [4.78, 5) is 40.7. The van der Waals surface area contributed by atoms with Crippen molar-refractivity contribution in [3.63, 3.8) is 0 Å². The van der Waals surface area contributed by atoms with E-state index in [9.17, 15) is 14.4 Å². The van der Waals surface area contributed by atoms with Crippen LogP contribution in [0.25, 0.3) is 21.5 Å². The molecule has 0 unspecified atom stereocenters. The van der Waals surface area contributed by atoms with Gasteiger partial charge in [-0.3, -0.25) is 14.4 Å². The maximum atomic E-state index is 15.4. The van der Waals surface area contributed by atoms with Crippen LogP contribution in [0.5, 0.6) is 11.5 Å². The van der Waals surface area contributed by atoms with Crippen LogP contribution in [0.2, 0.25) is 0 Å². The van der Waals surface area contributed by atoms with E-state index in [4.69, 9.17) is 14.2 Å². The molecule has 2 amide bonds. The van der Waals surface area contributed by atoms with Crippen LogP contribution in [0.15, 0.2) is 91.0 Å². The van der Waals surface area contributed by atoms with Gasteiger partial charge in [-0.05, 0) is 96.2 Å². The largest absolute Gasteiger partial charge is 0.496 e. The molecule has 0 aromatic heterocycles. The molecule has 8 nitrogen and oxygen atoms in total. The second kappa shape index (κ2) is 14.9. The zero-order chi connectivity index (χ0) is 37.2. The number of esters is 1. The van der Waals surface area contributed by atoms with E-state index in [1.165, 1.54) is 13.2 Å². The van der Waals surface area contributed by atoms with Gasteiger partial charge < -0.3 is 24.8 Å². The molecule has 5 aromatic carbocycles. The van der Waals surface area contributed by atoms with E-state index in [1.807, 2.05) is 73.7 Å². The number of benzene rings is 5. The number of amides is 2. The van der Waals surface area contributed by atoms with Gasteiger partial charge in [0.1, 0.15) is 12.4 Å². The second-order valence-corrected chi connectivity index (χ2v) is 15.1. The Balaban J connectivity index is 1.03. The molecule has 0 radical (unpaired) electrons. The number of hydrogen-bond acceptors (Lipinski definition) is 6. The van der Waals surface area contributed by atoms with Crippen LogP contribution in [0.4, 0.5) is 10.1 Å². The first-order valence-corrected chi connectivity index (χ1v) is 18.3. The van der Waals surface area contributed by atoms with Crippen molar-refractivity contribution in [2.75, 3.05) is 19.0 Å². The van der Waals surface area contributed by atoms with E-state index < -0.39 is 17.1 Å². The minimum absolute atomic E-state index is 0.0298. The highest BCUT2D eigenvalue weighted by Gasteiger charge is 2.40. The number of carbonyl (C=O) groups excluding carboxylic acids is 3. The molecule has 2 aliphatic rings. The molecule has 0 atom stereocenters. The molecule has 2 fully saturated rings. The van der Waals surface area contributed by atoms with Crippen molar-refractivity contribution in [3.05, 3.63) is 114 Å². The molecule has 2 aliphatic carbocycles. The first kappa shape index (κ1) is 35.9. The predicted octanol–water partition coefficient (Wildman–Crippen LogP) is 9.38. The predicted molar refractivity (Wildman–Crippen MR) is 204 cm³/mol. The van der Waals surface area contributed by atoms with Crippen molar-refractivity contribution in [3.8, 4) is 11.5 Å². The molecule has 0 heterocycles. The fourth-order valence-corrected chi connectivity index (χ4v) is 7.50. The van der Waals surface area contributed by atoms with Crippen molar-refractivity contribution in [1.29, 1.82) is 0 Å². The minimum Gasteiger partial charge on any atom is -0.496 e. The lowest BCUT2D eigenvalue weighted by Gasteiger charge is -2.38. The van der Waals surface area contributed by atoms with Gasteiger partial charge in [-0.1, -0.05) is 80.1 Å². The number of nitrogens with one attached hydrogen (secondary N) is 2. The first-order chi connectivity index (χ1) is 25.5. The third kappa shape index (κ3) is 7.70. The average molecular weight is 717 g/mol. The van der Waals surface area contributed by atoms with Crippen molar-refractivity contribution < 1.29 is 33.0 Å². The Bertz CT molecular complexity index is 2180. The van der Waals surface area contributed by atoms with Crippen LogP contribution in [-0.4, -0.2) is 37.5 Å². The summed E-state index contributed by atoms with van der Waals surface area (Å²) in [5.74, 6) is -1.85. The number of anilines is 1. The van der Waals surface area contributed by atoms with E-state index in [0.717, 1.165) is 52.4 Å². The molecular weight excluding hydrogens is 671 g/mol.